The summed E-state index contributed by atoms with van der Waals surface area (Å²) in [6.45, 7) is 7.34. The lowest BCUT2D eigenvalue weighted by atomic mass is 9.55. The van der Waals surface area contributed by atoms with E-state index < -0.39 is 29.1 Å². The minimum Gasteiger partial charge on any atom is -0.422 e. The molecule has 3 atom stereocenters. The number of halogens is 1. The van der Waals surface area contributed by atoms with Gasteiger partial charge in [0.05, 0.1) is 0 Å². The van der Waals surface area contributed by atoms with Crippen LogP contribution in [0.3, 0.4) is 0 Å². The molecule has 5 heteroatoms. The van der Waals surface area contributed by atoms with Crippen molar-refractivity contribution < 1.29 is 23.5 Å². The van der Waals surface area contributed by atoms with Gasteiger partial charge in [-0.1, -0.05) is 30.7 Å². The SMILES string of the molecule is C=C1CC2CCCC1[C@]2(c1ccc(F)cc1)C1C(=O)OC(C)(C)OC1=O. The molecule has 2 bridgehead atoms. The van der Waals surface area contributed by atoms with E-state index in [9.17, 15) is 14.0 Å². The molecule has 138 valence electrons. The summed E-state index contributed by atoms with van der Waals surface area (Å²) in [6, 6.07) is 6.16. The third-order valence-electron chi connectivity index (χ3n) is 6.28. The summed E-state index contributed by atoms with van der Waals surface area (Å²) in [4.78, 5) is 25.9. The molecule has 1 saturated heterocycles. The third-order valence-corrected chi connectivity index (χ3v) is 6.28. The molecule has 0 amide bonds. The van der Waals surface area contributed by atoms with Gasteiger partial charge in [-0.2, -0.15) is 0 Å². The zero-order valence-corrected chi connectivity index (χ0v) is 15.1. The molecule has 26 heavy (non-hydrogen) atoms. The molecule has 0 aromatic heterocycles. The number of allylic oxidation sites excluding steroid dienone is 1. The van der Waals surface area contributed by atoms with Gasteiger partial charge in [-0.25, -0.2) is 4.39 Å². The van der Waals surface area contributed by atoms with Crippen LogP contribution in [0.15, 0.2) is 36.4 Å². The molecule has 4 rings (SSSR count). The van der Waals surface area contributed by atoms with Crippen LogP contribution in [-0.4, -0.2) is 17.7 Å². The lowest BCUT2D eigenvalue weighted by molar-refractivity contribution is -0.246. The second-order valence-corrected chi connectivity index (χ2v) is 8.16. The lowest BCUT2D eigenvalue weighted by Crippen LogP contribution is -2.58. The zero-order valence-electron chi connectivity index (χ0n) is 15.1. The van der Waals surface area contributed by atoms with Crippen molar-refractivity contribution in [3.05, 3.63) is 47.8 Å². The molecule has 1 aliphatic heterocycles. The molecule has 2 aliphatic carbocycles. The van der Waals surface area contributed by atoms with Crippen LogP contribution >= 0.6 is 0 Å². The van der Waals surface area contributed by atoms with Gasteiger partial charge in [0.1, 0.15) is 5.82 Å². The standard InChI is InChI=1S/C21H23FO4/c1-12-11-14-5-4-6-16(12)21(14,13-7-9-15(22)10-8-13)17-18(23)25-20(2,3)26-19(17)24/h7-10,14,16-17H,1,4-6,11H2,2-3H3/t14?,16?,21-/m1/s1. The molecule has 3 aliphatic rings. The van der Waals surface area contributed by atoms with E-state index in [1.807, 2.05) is 0 Å². The molecule has 0 spiro atoms. The average molecular weight is 358 g/mol. The van der Waals surface area contributed by atoms with Crippen molar-refractivity contribution in [3.63, 3.8) is 0 Å². The summed E-state index contributed by atoms with van der Waals surface area (Å²) < 4.78 is 24.5. The Morgan fingerprint density at radius 3 is 2.27 bits per heavy atom. The van der Waals surface area contributed by atoms with Crippen molar-refractivity contribution in [1.29, 1.82) is 0 Å². The Bertz CT molecular complexity index is 762. The van der Waals surface area contributed by atoms with Crippen molar-refractivity contribution in [3.8, 4) is 0 Å². The van der Waals surface area contributed by atoms with Gasteiger partial charge >= 0.3 is 11.9 Å². The van der Waals surface area contributed by atoms with Crippen molar-refractivity contribution >= 4 is 11.9 Å². The van der Waals surface area contributed by atoms with E-state index in [-0.39, 0.29) is 17.7 Å². The highest BCUT2D eigenvalue weighted by atomic mass is 19.1. The molecule has 0 radical (unpaired) electrons. The highest BCUT2D eigenvalue weighted by Gasteiger charge is 2.65. The quantitative estimate of drug-likeness (QED) is 0.457. The number of ether oxygens (including phenoxy) is 2. The van der Waals surface area contributed by atoms with E-state index in [1.165, 1.54) is 12.1 Å². The maximum Gasteiger partial charge on any atom is 0.324 e. The molecule has 2 saturated carbocycles. The number of benzene rings is 1. The molecule has 1 aromatic carbocycles. The van der Waals surface area contributed by atoms with E-state index in [4.69, 9.17) is 9.47 Å². The fourth-order valence-electron chi connectivity index (χ4n) is 5.49. The number of hydrogen-bond acceptors (Lipinski definition) is 4. The van der Waals surface area contributed by atoms with E-state index >= 15 is 0 Å². The predicted octanol–water partition coefficient (Wildman–Crippen LogP) is 3.89. The Labute approximate surface area is 152 Å². The number of esters is 2. The Morgan fingerprint density at radius 2 is 1.69 bits per heavy atom. The van der Waals surface area contributed by atoms with Gasteiger partial charge in [-0.15, -0.1) is 0 Å². The largest absolute Gasteiger partial charge is 0.422 e. The van der Waals surface area contributed by atoms with Crippen LogP contribution in [-0.2, 0) is 24.5 Å². The van der Waals surface area contributed by atoms with Crippen molar-refractivity contribution in [1.82, 2.24) is 0 Å². The van der Waals surface area contributed by atoms with Crippen LogP contribution in [0.2, 0.25) is 0 Å². The van der Waals surface area contributed by atoms with E-state index in [0.717, 1.165) is 36.8 Å². The van der Waals surface area contributed by atoms with Gasteiger partial charge in [0.25, 0.3) is 5.79 Å². The molecule has 4 nitrogen and oxygen atoms in total. The van der Waals surface area contributed by atoms with Gasteiger partial charge in [0.2, 0.25) is 0 Å². The highest BCUT2D eigenvalue weighted by molar-refractivity contribution is 5.99. The number of rotatable bonds is 2. The first-order valence-corrected chi connectivity index (χ1v) is 9.15. The summed E-state index contributed by atoms with van der Waals surface area (Å²) in [5, 5.41) is 0. The second kappa shape index (κ2) is 5.66. The second-order valence-electron chi connectivity index (χ2n) is 8.16. The average Bonchev–Trinajstić information content (AvgIpc) is 2.68. The first kappa shape index (κ1) is 17.3. The van der Waals surface area contributed by atoms with Gasteiger partial charge in [-0.3, -0.25) is 9.59 Å². The van der Waals surface area contributed by atoms with Crippen molar-refractivity contribution in [2.24, 2.45) is 17.8 Å². The van der Waals surface area contributed by atoms with Crippen LogP contribution in [0.1, 0.15) is 45.1 Å². The summed E-state index contributed by atoms with van der Waals surface area (Å²) in [5.74, 6) is -3.69. The molecule has 2 unspecified atom stereocenters. The van der Waals surface area contributed by atoms with E-state index in [2.05, 4.69) is 6.58 Å². The zero-order chi connectivity index (χ0) is 18.7. The summed E-state index contributed by atoms with van der Waals surface area (Å²) in [7, 11) is 0. The Hall–Kier alpha value is -2.17. The molecular formula is C21H23FO4. The number of cyclic esters (lactones) is 2. The van der Waals surface area contributed by atoms with Crippen LogP contribution < -0.4 is 0 Å². The van der Waals surface area contributed by atoms with Crippen LogP contribution in [0.4, 0.5) is 4.39 Å². The normalized spacial score (nSPS) is 33.7. The Morgan fingerprint density at radius 1 is 1.08 bits per heavy atom. The Kier molecular flexibility index (Phi) is 3.76. The summed E-state index contributed by atoms with van der Waals surface area (Å²) in [6.07, 6.45) is 3.54. The minimum absolute atomic E-state index is 0.0157. The minimum atomic E-state index is -1.26. The molecule has 1 aromatic rings. The van der Waals surface area contributed by atoms with E-state index in [0.29, 0.717) is 0 Å². The van der Waals surface area contributed by atoms with Crippen molar-refractivity contribution in [2.45, 2.75) is 50.7 Å². The maximum atomic E-state index is 13.6. The smallest absolute Gasteiger partial charge is 0.324 e. The number of carbonyl (C=O) groups is 2. The fourth-order valence-corrected chi connectivity index (χ4v) is 5.49. The van der Waals surface area contributed by atoms with Crippen LogP contribution in [0, 0.1) is 23.6 Å². The lowest BCUT2D eigenvalue weighted by Gasteiger charge is -2.49. The molecular weight excluding hydrogens is 335 g/mol. The van der Waals surface area contributed by atoms with Crippen molar-refractivity contribution in [2.75, 3.05) is 0 Å². The molecule has 1 heterocycles. The predicted molar refractivity (Wildman–Crippen MR) is 92.4 cm³/mol. The molecule has 0 N–H and O–H groups in total. The van der Waals surface area contributed by atoms with Gasteiger partial charge in [0.15, 0.2) is 5.92 Å². The topological polar surface area (TPSA) is 52.6 Å². The number of carbonyl (C=O) groups excluding carboxylic acids is 2. The van der Waals surface area contributed by atoms with Gasteiger partial charge < -0.3 is 9.47 Å². The summed E-state index contributed by atoms with van der Waals surface area (Å²) >= 11 is 0. The van der Waals surface area contributed by atoms with Crippen LogP contribution in [0.25, 0.3) is 0 Å². The number of fused-ring (bicyclic) bond motifs is 2. The van der Waals surface area contributed by atoms with Gasteiger partial charge in [-0.05, 0) is 48.8 Å². The van der Waals surface area contributed by atoms with Crippen LogP contribution in [0.5, 0.6) is 0 Å². The molecule has 3 fully saturated rings. The Balaban J connectivity index is 1.90. The highest BCUT2D eigenvalue weighted by Crippen LogP contribution is 2.63. The maximum absolute atomic E-state index is 13.6. The van der Waals surface area contributed by atoms with E-state index in [1.54, 1.807) is 26.0 Å². The van der Waals surface area contributed by atoms with Gasteiger partial charge in [0, 0.05) is 19.3 Å². The monoisotopic (exact) mass is 358 g/mol. The first-order chi connectivity index (χ1) is 12.3. The first-order valence-electron chi connectivity index (χ1n) is 9.15. The fraction of sp³-hybridized carbons (Fsp3) is 0.524. The third kappa shape index (κ3) is 2.32. The summed E-state index contributed by atoms with van der Waals surface area (Å²) in [5.41, 5.74) is 1.08. The number of hydrogen-bond donors (Lipinski definition) is 0.